The van der Waals surface area contributed by atoms with Crippen molar-refractivity contribution < 1.29 is 0 Å². The molecule has 2 heteroatoms. The second-order valence-electron chi connectivity index (χ2n) is 7.03. The summed E-state index contributed by atoms with van der Waals surface area (Å²) < 4.78 is 0. The molecule has 23 heavy (non-hydrogen) atoms. The Kier molecular flexibility index (Phi) is 4.41. The van der Waals surface area contributed by atoms with Crippen molar-refractivity contribution in [3.63, 3.8) is 0 Å². The number of hydrogen-bond acceptors (Lipinski definition) is 1. The second-order valence-corrected chi connectivity index (χ2v) is 7.46. The van der Waals surface area contributed by atoms with Crippen LogP contribution in [0, 0.1) is 0 Å². The largest absolute Gasteiger partial charge is 0.293 e. The van der Waals surface area contributed by atoms with Crippen molar-refractivity contribution in [2.75, 3.05) is 6.54 Å². The third-order valence-electron chi connectivity index (χ3n) is 5.53. The smallest absolute Gasteiger partial charge is 0.0406 e. The molecule has 0 aliphatic carbocycles. The number of benzene rings is 2. The SMILES string of the molecule is Clc1ccc(Cc2ccc([C@@H]3CC[C@H]4CCCCN43)cc2)cc1. The topological polar surface area (TPSA) is 3.24 Å². The van der Waals surface area contributed by atoms with Crippen LogP contribution < -0.4 is 0 Å². The summed E-state index contributed by atoms with van der Waals surface area (Å²) in [7, 11) is 0. The first-order valence-electron chi connectivity index (χ1n) is 8.88. The molecule has 2 aromatic carbocycles. The van der Waals surface area contributed by atoms with E-state index in [9.17, 15) is 0 Å². The van der Waals surface area contributed by atoms with Gasteiger partial charge in [-0.05, 0) is 67.5 Å². The zero-order valence-electron chi connectivity index (χ0n) is 13.5. The first-order valence-corrected chi connectivity index (χ1v) is 9.26. The lowest BCUT2D eigenvalue weighted by Gasteiger charge is -2.34. The van der Waals surface area contributed by atoms with Crippen LogP contribution in [-0.4, -0.2) is 17.5 Å². The molecule has 1 nitrogen and oxygen atoms in total. The highest BCUT2D eigenvalue weighted by Gasteiger charge is 2.35. The lowest BCUT2D eigenvalue weighted by Crippen LogP contribution is -2.35. The van der Waals surface area contributed by atoms with Gasteiger partial charge in [-0.25, -0.2) is 0 Å². The van der Waals surface area contributed by atoms with E-state index in [0.29, 0.717) is 6.04 Å². The maximum Gasteiger partial charge on any atom is 0.0406 e. The molecule has 0 unspecified atom stereocenters. The van der Waals surface area contributed by atoms with Gasteiger partial charge < -0.3 is 0 Å². The minimum absolute atomic E-state index is 0.657. The maximum absolute atomic E-state index is 5.96. The van der Waals surface area contributed by atoms with E-state index in [0.717, 1.165) is 17.5 Å². The third kappa shape index (κ3) is 3.32. The van der Waals surface area contributed by atoms with Crippen LogP contribution in [0.4, 0.5) is 0 Å². The first kappa shape index (κ1) is 15.2. The van der Waals surface area contributed by atoms with Crippen molar-refractivity contribution in [3.8, 4) is 0 Å². The van der Waals surface area contributed by atoms with Crippen molar-refractivity contribution in [3.05, 3.63) is 70.2 Å². The summed E-state index contributed by atoms with van der Waals surface area (Å²) in [5, 5.41) is 0.807. The summed E-state index contributed by atoms with van der Waals surface area (Å²) in [4.78, 5) is 2.76. The van der Waals surface area contributed by atoms with Gasteiger partial charge in [-0.3, -0.25) is 4.90 Å². The predicted molar refractivity (Wildman–Crippen MR) is 97.0 cm³/mol. The molecular formula is C21H24ClN. The Bertz CT molecular complexity index is 647. The summed E-state index contributed by atoms with van der Waals surface area (Å²) in [5.41, 5.74) is 4.21. The molecule has 2 aromatic rings. The minimum Gasteiger partial charge on any atom is -0.293 e. The Morgan fingerprint density at radius 3 is 2.26 bits per heavy atom. The van der Waals surface area contributed by atoms with E-state index in [1.54, 1.807) is 0 Å². The molecule has 0 bridgehead atoms. The molecule has 2 saturated heterocycles. The lowest BCUT2D eigenvalue weighted by molar-refractivity contribution is 0.150. The minimum atomic E-state index is 0.657. The molecule has 4 rings (SSSR count). The number of nitrogens with zero attached hydrogens (tertiary/aromatic N) is 1. The van der Waals surface area contributed by atoms with Crippen LogP contribution in [0.5, 0.6) is 0 Å². The van der Waals surface area contributed by atoms with Crippen LogP contribution in [0.2, 0.25) is 5.02 Å². The maximum atomic E-state index is 5.96. The Balaban J connectivity index is 1.46. The van der Waals surface area contributed by atoms with Gasteiger partial charge in [-0.15, -0.1) is 0 Å². The highest BCUT2D eigenvalue weighted by Crippen LogP contribution is 2.40. The van der Waals surface area contributed by atoms with Gasteiger partial charge in [0.1, 0.15) is 0 Å². The number of halogens is 1. The molecule has 0 spiro atoms. The predicted octanol–water partition coefficient (Wildman–Crippen LogP) is 5.62. The van der Waals surface area contributed by atoms with Crippen LogP contribution in [0.25, 0.3) is 0 Å². The molecule has 120 valence electrons. The molecule has 2 aliphatic rings. The van der Waals surface area contributed by atoms with Crippen molar-refractivity contribution in [2.24, 2.45) is 0 Å². The average molecular weight is 326 g/mol. The number of rotatable bonds is 3. The summed E-state index contributed by atoms with van der Waals surface area (Å²) in [6, 6.07) is 19.0. The van der Waals surface area contributed by atoms with Crippen LogP contribution in [0.3, 0.4) is 0 Å². The number of piperidine rings is 1. The summed E-state index contributed by atoms with van der Waals surface area (Å²) in [6.45, 7) is 1.29. The van der Waals surface area contributed by atoms with E-state index in [2.05, 4.69) is 41.3 Å². The molecule has 0 N–H and O–H groups in total. The quantitative estimate of drug-likeness (QED) is 0.708. The zero-order valence-corrected chi connectivity index (χ0v) is 14.3. The fourth-order valence-corrected chi connectivity index (χ4v) is 4.44. The van der Waals surface area contributed by atoms with Crippen LogP contribution in [-0.2, 0) is 6.42 Å². The molecular weight excluding hydrogens is 302 g/mol. The Morgan fingerprint density at radius 1 is 0.826 bits per heavy atom. The van der Waals surface area contributed by atoms with Gasteiger partial charge in [0.2, 0.25) is 0 Å². The van der Waals surface area contributed by atoms with E-state index >= 15 is 0 Å². The van der Waals surface area contributed by atoms with Crippen molar-refractivity contribution in [1.82, 2.24) is 4.90 Å². The molecule has 0 radical (unpaired) electrons. The fourth-order valence-electron chi connectivity index (χ4n) is 4.31. The van der Waals surface area contributed by atoms with Crippen LogP contribution in [0.1, 0.15) is 54.8 Å². The summed E-state index contributed by atoms with van der Waals surface area (Å²) in [6.07, 6.45) is 7.91. The zero-order chi connectivity index (χ0) is 15.6. The number of fused-ring (bicyclic) bond motifs is 1. The van der Waals surface area contributed by atoms with E-state index in [4.69, 9.17) is 11.6 Å². The Hall–Kier alpha value is -1.31. The monoisotopic (exact) mass is 325 g/mol. The van der Waals surface area contributed by atoms with Gasteiger partial charge in [0.15, 0.2) is 0 Å². The van der Waals surface area contributed by atoms with Gasteiger partial charge in [-0.1, -0.05) is 54.4 Å². The second kappa shape index (κ2) is 6.67. The highest BCUT2D eigenvalue weighted by atomic mass is 35.5. The van der Waals surface area contributed by atoms with Gasteiger partial charge in [0.05, 0.1) is 0 Å². The van der Waals surface area contributed by atoms with E-state index in [-0.39, 0.29) is 0 Å². The van der Waals surface area contributed by atoms with Crippen molar-refractivity contribution in [2.45, 2.75) is 50.6 Å². The first-order chi connectivity index (χ1) is 11.3. The molecule has 2 atom stereocenters. The standard InChI is InChI=1S/C21H24ClN/c22-19-10-6-17(7-11-19)15-16-4-8-18(9-5-16)21-13-12-20-3-1-2-14-23(20)21/h4-11,20-21H,1-3,12-15H2/t20-,21+/m1/s1. The molecule has 2 aliphatic heterocycles. The normalized spacial score (nSPS) is 24.6. The van der Waals surface area contributed by atoms with E-state index < -0.39 is 0 Å². The highest BCUT2D eigenvalue weighted by molar-refractivity contribution is 6.30. The molecule has 0 saturated carbocycles. The average Bonchev–Trinajstić information content (AvgIpc) is 3.02. The summed E-state index contributed by atoms with van der Waals surface area (Å²) >= 11 is 5.96. The number of hydrogen-bond donors (Lipinski definition) is 0. The molecule has 2 fully saturated rings. The lowest BCUT2D eigenvalue weighted by atomic mass is 9.99. The van der Waals surface area contributed by atoms with Crippen molar-refractivity contribution in [1.29, 1.82) is 0 Å². The molecule has 2 heterocycles. The van der Waals surface area contributed by atoms with Gasteiger partial charge in [0, 0.05) is 17.1 Å². The van der Waals surface area contributed by atoms with Gasteiger partial charge in [0.25, 0.3) is 0 Å². The Labute approximate surface area is 144 Å². The summed E-state index contributed by atoms with van der Waals surface area (Å²) in [5.74, 6) is 0. The van der Waals surface area contributed by atoms with Crippen LogP contribution >= 0.6 is 11.6 Å². The molecule has 0 aromatic heterocycles. The Morgan fingerprint density at radius 2 is 1.52 bits per heavy atom. The van der Waals surface area contributed by atoms with Gasteiger partial charge >= 0.3 is 0 Å². The van der Waals surface area contributed by atoms with E-state index in [1.807, 2.05) is 12.1 Å². The van der Waals surface area contributed by atoms with Crippen LogP contribution in [0.15, 0.2) is 48.5 Å². The fraction of sp³-hybridized carbons (Fsp3) is 0.429. The molecule has 0 amide bonds. The van der Waals surface area contributed by atoms with E-state index in [1.165, 1.54) is 55.3 Å². The van der Waals surface area contributed by atoms with Crippen molar-refractivity contribution >= 4 is 11.6 Å². The van der Waals surface area contributed by atoms with Gasteiger partial charge in [-0.2, -0.15) is 0 Å². The third-order valence-corrected chi connectivity index (χ3v) is 5.78.